The van der Waals surface area contributed by atoms with Crippen LogP contribution in [-0.2, 0) is 12.8 Å². The fourth-order valence-electron chi connectivity index (χ4n) is 2.82. The van der Waals surface area contributed by atoms with Gasteiger partial charge in [-0.05, 0) is 25.7 Å². The highest BCUT2D eigenvalue weighted by Crippen LogP contribution is 2.30. The molecule has 5 heteroatoms. The molecule has 1 N–H and O–H groups in total. The van der Waals surface area contributed by atoms with E-state index in [2.05, 4.69) is 17.1 Å². The van der Waals surface area contributed by atoms with E-state index >= 15 is 0 Å². The van der Waals surface area contributed by atoms with Crippen LogP contribution in [0, 0.1) is 0 Å². The lowest BCUT2D eigenvalue weighted by molar-refractivity contribution is 0.294. The van der Waals surface area contributed by atoms with Gasteiger partial charge in [0.1, 0.15) is 0 Å². The van der Waals surface area contributed by atoms with E-state index in [1.807, 2.05) is 0 Å². The number of piperazine rings is 1. The monoisotopic (exact) mass is 276 g/mol. The summed E-state index contributed by atoms with van der Waals surface area (Å²) in [6, 6.07) is 0. The van der Waals surface area contributed by atoms with Crippen molar-refractivity contribution in [1.29, 1.82) is 0 Å². The SMILES string of the molecule is CCCCOc1nc(N2CCNCC2)nc2c1CCC2. The van der Waals surface area contributed by atoms with Crippen molar-refractivity contribution in [2.24, 2.45) is 0 Å². The predicted molar refractivity (Wildman–Crippen MR) is 79.5 cm³/mol. The van der Waals surface area contributed by atoms with Crippen LogP contribution in [0.2, 0.25) is 0 Å². The van der Waals surface area contributed by atoms with Gasteiger partial charge >= 0.3 is 0 Å². The third kappa shape index (κ3) is 2.87. The number of nitrogens with one attached hydrogen (secondary N) is 1. The van der Waals surface area contributed by atoms with E-state index in [0.29, 0.717) is 0 Å². The molecule has 20 heavy (non-hydrogen) atoms. The van der Waals surface area contributed by atoms with Crippen molar-refractivity contribution in [3.63, 3.8) is 0 Å². The van der Waals surface area contributed by atoms with Gasteiger partial charge in [-0.15, -0.1) is 0 Å². The highest BCUT2D eigenvalue weighted by molar-refractivity contribution is 5.42. The van der Waals surface area contributed by atoms with Crippen molar-refractivity contribution < 1.29 is 4.74 Å². The van der Waals surface area contributed by atoms with Gasteiger partial charge in [-0.3, -0.25) is 0 Å². The van der Waals surface area contributed by atoms with Crippen molar-refractivity contribution in [3.05, 3.63) is 11.3 Å². The summed E-state index contributed by atoms with van der Waals surface area (Å²) in [6.07, 6.45) is 5.55. The van der Waals surface area contributed by atoms with Crippen molar-refractivity contribution in [2.45, 2.75) is 39.0 Å². The maximum atomic E-state index is 5.93. The van der Waals surface area contributed by atoms with Crippen LogP contribution in [0.4, 0.5) is 5.95 Å². The van der Waals surface area contributed by atoms with Crippen molar-refractivity contribution in [2.75, 3.05) is 37.7 Å². The number of aryl methyl sites for hydroxylation is 1. The average molecular weight is 276 g/mol. The molecule has 1 aromatic rings. The molecule has 1 aliphatic carbocycles. The Morgan fingerprint density at radius 3 is 2.85 bits per heavy atom. The minimum absolute atomic E-state index is 0.765. The first-order valence-corrected chi connectivity index (χ1v) is 7.86. The molecule has 0 bridgehead atoms. The molecule has 0 amide bonds. The van der Waals surface area contributed by atoms with Crippen LogP contribution in [-0.4, -0.2) is 42.8 Å². The number of hydrogen-bond acceptors (Lipinski definition) is 5. The van der Waals surface area contributed by atoms with Gasteiger partial charge in [0.2, 0.25) is 11.8 Å². The summed E-state index contributed by atoms with van der Waals surface area (Å²) >= 11 is 0. The summed E-state index contributed by atoms with van der Waals surface area (Å²) in [4.78, 5) is 11.7. The third-order valence-electron chi connectivity index (χ3n) is 4.02. The van der Waals surface area contributed by atoms with Gasteiger partial charge < -0.3 is 15.0 Å². The Kier molecular flexibility index (Phi) is 4.35. The van der Waals surface area contributed by atoms with Gasteiger partial charge in [0.05, 0.1) is 12.3 Å². The van der Waals surface area contributed by atoms with Crippen LogP contribution in [0.15, 0.2) is 0 Å². The molecule has 0 spiro atoms. The Balaban J connectivity index is 1.82. The van der Waals surface area contributed by atoms with E-state index in [-0.39, 0.29) is 0 Å². The van der Waals surface area contributed by atoms with E-state index in [9.17, 15) is 0 Å². The van der Waals surface area contributed by atoms with E-state index in [4.69, 9.17) is 14.7 Å². The van der Waals surface area contributed by atoms with Gasteiger partial charge in [0.25, 0.3) is 0 Å². The standard InChI is InChI=1S/C15H24N4O/c1-2-3-11-20-14-12-5-4-6-13(12)17-15(18-14)19-9-7-16-8-10-19/h16H,2-11H2,1H3. The zero-order valence-corrected chi connectivity index (χ0v) is 12.3. The van der Waals surface area contributed by atoms with E-state index in [1.165, 1.54) is 17.7 Å². The number of fused-ring (bicyclic) bond motifs is 1. The molecule has 1 saturated heterocycles. The zero-order valence-electron chi connectivity index (χ0n) is 12.3. The van der Waals surface area contributed by atoms with Gasteiger partial charge in [-0.2, -0.15) is 4.98 Å². The normalized spacial score (nSPS) is 18.1. The maximum Gasteiger partial charge on any atom is 0.228 e. The lowest BCUT2D eigenvalue weighted by Gasteiger charge is -2.28. The first-order chi connectivity index (χ1) is 9.88. The lowest BCUT2D eigenvalue weighted by Crippen LogP contribution is -2.44. The first-order valence-electron chi connectivity index (χ1n) is 7.86. The number of ether oxygens (including phenoxy) is 1. The molecule has 2 aliphatic rings. The van der Waals surface area contributed by atoms with Crippen molar-refractivity contribution in [1.82, 2.24) is 15.3 Å². The summed E-state index contributed by atoms with van der Waals surface area (Å²) in [5.74, 6) is 1.70. The molecule has 1 fully saturated rings. The van der Waals surface area contributed by atoms with Crippen LogP contribution in [0.5, 0.6) is 5.88 Å². The van der Waals surface area contributed by atoms with E-state index < -0.39 is 0 Å². The molecule has 3 rings (SSSR count). The predicted octanol–water partition coefficient (Wildman–Crippen LogP) is 1.55. The molecule has 1 aliphatic heterocycles. The Morgan fingerprint density at radius 1 is 1.20 bits per heavy atom. The molecular formula is C15H24N4O. The Labute approximate surface area is 120 Å². The average Bonchev–Trinajstić information content (AvgIpc) is 2.97. The molecule has 0 atom stereocenters. The number of anilines is 1. The summed E-state index contributed by atoms with van der Waals surface area (Å²) in [5, 5.41) is 3.36. The Hall–Kier alpha value is -1.36. The molecule has 1 aromatic heterocycles. The molecule has 5 nitrogen and oxygen atoms in total. The zero-order chi connectivity index (χ0) is 13.8. The van der Waals surface area contributed by atoms with Crippen LogP contribution in [0.3, 0.4) is 0 Å². The molecule has 110 valence electrons. The number of hydrogen-bond donors (Lipinski definition) is 1. The minimum Gasteiger partial charge on any atom is -0.477 e. The second-order valence-corrected chi connectivity index (χ2v) is 5.55. The Bertz CT molecular complexity index is 457. The second kappa shape index (κ2) is 6.39. The van der Waals surface area contributed by atoms with Gasteiger partial charge in [-0.25, -0.2) is 4.98 Å². The van der Waals surface area contributed by atoms with Gasteiger partial charge in [0, 0.05) is 31.7 Å². The summed E-state index contributed by atoms with van der Waals surface area (Å²) in [6.45, 7) is 6.92. The molecule has 2 heterocycles. The number of unbranched alkanes of at least 4 members (excludes halogenated alkanes) is 1. The van der Waals surface area contributed by atoms with Gasteiger partial charge in [-0.1, -0.05) is 13.3 Å². The maximum absolute atomic E-state index is 5.93. The largest absolute Gasteiger partial charge is 0.477 e. The molecule has 0 unspecified atom stereocenters. The fourth-order valence-corrected chi connectivity index (χ4v) is 2.82. The van der Waals surface area contributed by atoms with E-state index in [0.717, 1.165) is 70.3 Å². The molecular weight excluding hydrogens is 252 g/mol. The van der Waals surface area contributed by atoms with Crippen molar-refractivity contribution in [3.8, 4) is 5.88 Å². The van der Waals surface area contributed by atoms with Gasteiger partial charge in [0.15, 0.2) is 0 Å². The van der Waals surface area contributed by atoms with Crippen LogP contribution >= 0.6 is 0 Å². The lowest BCUT2D eigenvalue weighted by atomic mass is 10.2. The van der Waals surface area contributed by atoms with Crippen molar-refractivity contribution >= 4 is 5.95 Å². The minimum atomic E-state index is 0.765. The molecule has 0 saturated carbocycles. The quantitative estimate of drug-likeness (QED) is 0.827. The molecule has 0 aromatic carbocycles. The topological polar surface area (TPSA) is 50.3 Å². The summed E-state index contributed by atoms with van der Waals surface area (Å²) in [7, 11) is 0. The van der Waals surface area contributed by atoms with Crippen LogP contribution in [0.1, 0.15) is 37.4 Å². The fraction of sp³-hybridized carbons (Fsp3) is 0.733. The van der Waals surface area contributed by atoms with Crippen LogP contribution < -0.4 is 15.0 Å². The third-order valence-corrected chi connectivity index (χ3v) is 4.02. The smallest absolute Gasteiger partial charge is 0.228 e. The highest BCUT2D eigenvalue weighted by atomic mass is 16.5. The second-order valence-electron chi connectivity index (χ2n) is 5.55. The number of nitrogens with zero attached hydrogens (tertiary/aromatic N) is 3. The highest BCUT2D eigenvalue weighted by Gasteiger charge is 2.23. The Morgan fingerprint density at radius 2 is 2.05 bits per heavy atom. The van der Waals surface area contributed by atoms with E-state index in [1.54, 1.807) is 0 Å². The number of aromatic nitrogens is 2. The number of rotatable bonds is 5. The summed E-state index contributed by atoms with van der Waals surface area (Å²) in [5.41, 5.74) is 2.46. The first kappa shape index (κ1) is 13.6. The van der Waals surface area contributed by atoms with Crippen LogP contribution in [0.25, 0.3) is 0 Å². The molecule has 0 radical (unpaired) electrons. The summed E-state index contributed by atoms with van der Waals surface area (Å²) < 4.78 is 5.93.